The predicted octanol–water partition coefficient (Wildman–Crippen LogP) is 1.85. The van der Waals surface area contributed by atoms with Crippen molar-refractivity contribution in [1.82, 2.24) is 14.8 Å². The molecule has 0 bridgehead atoms. The van der Waals surface area contributed by atoms with Crippen LogP contribution >= 0.6 is 0 Å². The van der Waals surface area contributed by atoms with Gasteiger partial charge in [-0.3, -0.25) is 4.68 Å². The molecule has 2 aromatic heterocycles. The molecule has 0 amide bonds. The monoisotopic (exact) mass is 256 g/mol. The topological polar surface area (TPSA) is 96.9 Å². The van der Waals surface area contributed by atoms with E-state index < -0.39 is 5.97 Å². The maximum Gasteiger partial charge on any atom is 0.357 e. The number of para-hydroxylation sites is 1. The van der Waals surface area contributed by atoms with Gasteiger partial charge in [0, 0.05) is 29.7 Å². The van der Waals surface area contributed by atoms with Crippen LogP contribution in [0.4, 0.5) is 5.82 Å². The third kappa shape index (κ3) is 1.57. The van der Waals surface area contributed by atoms with E-state index in [-0.39, 0.29) is 5.69 Å². The molecule has 0 atom stereocenters. The van der Waals surface area contributed by atoms with Gasteiger partial charge in [-0.15, -0.1) is 0 Å². The highest BCUT2D eigenvalue weighted by atomic mass is 16.4. The van der Waals surface area contributed by atoms with Crippen LogP contribution in [0.5, 0.6) is 0 Å². The summed E-state index contributed by atoms with van der Waals surface area (Å²) in [5.41, 5.74) is 8.04. The number of H-pyrrole nitrogens is 1. The number of rotatable bonds is 2. The van der Waals surface area contributed by atoms with Gasteiger partial charge in [-0.25, -0.2) is 4.79 Å². The lowest BCUT2D eigenvalue weighted by atomic mass is 10.0. The first-order chi connectivity index (χ1) is 9.09. The minimum Gasteiger partial charge on any atom is -0.476 e. The van der Waals surface area contributed by atoms with Gasteiger partial charge in [-0.05, 0) is 6.07 Å². The van der Waals surface area contributed by atoms with Gasteiger partial charge in [-0.1, -0.05) is 18.2 Å². The van der Waals surface area contributed by atoms with Gasteiger partial charge >= 0.3 is 5.97 Å². The Kier molecular flexibility index (Phi) is 2.31. The lowest BCUT2D eigenvalue weighted by molar-refractivity contribution is 0.0690. The van der Waals surface area contributed by atoms with Crippen molar-refractivity contribution >= 4 is 22.7 Å². The standard InChI is InChI=1S/C13H12N4O2/c1-17-12(14)10(11(16-17)13(18)19)8-6-15-9-5-3-2-4-7(8)9/h2-6,15H,14H2,1H3,(H,18,19). The first-order valence-electron chi connectivity index (χ1n) is 5.72. The SMILES string of the molecule is Cn1nc(C(=O)O)c(-c2c[nH]c3ccccc23)c1N. The first-order valence-corrected chi connectivity index (χ1v) is 5.72. The van der Waals surface area contributed by atoms with Crippen LogP contribution in [-0.4, -0.2) is 25.8 Å². The van der Waals surface area contributed by atoms with Gasteiger partial charge in [0.15, 0.2) is 5.69 Å². The number of nitrogens with one attached hydrogen (secondary N) is 1. The van der Waals surface area contributed by atoms with Crippen LogP contribution in [0.15, 0.2) is 30.5 Å². The molecule has 0 unspecified atom stereocenters. The molecule has 2 heterocycles. The second-order valence-electron chi connectivity index (χ2n) is 4.29. The molecule has 96 valence electrons. The van der Waals surface area contributed by atoms with Crippen molar-refractivity contribution in [3.05, 3.63) is 36.2 Å². The Morgan fingerprint density at radius 1 is 1.42 bits per heavy atom. The molecule has 0 saturated heterocycles. The average Bonchev–Trinajstić information content (AvgIpc) is 2.92. The van der Waals surface area contributed by atoms with Crippen molar-refractivity contribution in [3.8, 4) is 11.1 Å². The number of anilines is 1. The number of aromatic amines is 1. The van der Waals surface area contributed by atoms with Gasteiger partial charge in [0.2, 0.25) is 0 Å². The zero-order chi connectivity index (χ0) is 13.6. The molecule has 0 saturated carbocycles. The van der Waals surface area contributed by atoms with E-state index in [0.29, 0.717) is 11.4 Å². The second-order valence-corrected chi connectivity index (χ2v) is 4.29. The fourth-order valence-electron chi connectivity index (χ4n) is 2.23. The predicted molar refractivity (Wildman–Crippen MR) is 71.9 cm³/mol. The molecule has 19 heavy (non-hydrogen) atoms. The first kappa shape index (κ1) is 11.3. The fourth-order valence-corrected chi connectivity index (χ4v) is 2.23. The number of hydrogen-bond acceptors (Lipinski definition) is 3. The number of hydrogen-bond donors (Lipinski definition) is 3. The van der Waals surface area contributed by atoms with Crippen LogP contribution in [0.25, 0.3) is 22.0 Å². The highest BCUT2D eigenvalue weighted by molar-refractivity contribution is 6.05. The molecule has 3 aromatic rings. The number of aromatic nitrogens is 3. The largest absolute Gasteiger partial charge is 0.476 e. The minimum atomic E-state index is -1.09. The molecule has 0 aliphatic heterocycles. The quantitative estimate of drug-likeness (QED) is 0.651. The Morgan fingerprint density at radius 2 is 2.16 bits per heavy atom. The van der Waals surface area contributed by atoms with E-state index >= 15 is 0 Å². The highest BCUT2D eigenvalue weighted by Crippen LogP contribution is 2.34. The number of carboxylic acid groups (broad SMARTS) is 1. The molecule has 0 fully saturated rings. The number of fused-ring (bicyclic) bond motifs is 1. The summed E-state index contributed by atoms with van der Waals surface area (Å²) in [6.45, 7) is 0. The Balaban J connectivity index is 2.36. The van der Waals surface area contributed by atoms with E-state index in [1.54, 1.807) is 13.2 Å². The number of nitrogens with two attached hydrogens (primary N) is 1. The molecule has 3 rings (SSSR count). The van der Waals surface area contributed by atoms with Gasteiger partial charge < -0.3 is 15.8 Å². The zero-order valence-electron chi connectivity index (χ0n) is 10.2. The van der Waals surface area contributed by atoms with Crippen molar-refractivity contribution in [2.75, 3.05) is 5.73 Å². The molecule has 0 radical (unpaired) electrons. The average molecular weight is 256 g/mol. The molecular weight excluding hydrogens is 244 g/mol. The number of aryl methyl sites for hydroxylation is 1. The van der Waals surface area contributed by atoms with E-state index in [1.807, 2.05) is 24.3 Å². The lowest BCUT2D eigenvalue weighted by Crippen LogP contribution is -2.00. The summed E-state index contributed by atoms with van der Waals surface area (Å²) in [7, 11) is 1.63. The van der Waals surface area contributed by atoms with Crippen LogP contribution in [0.3, 0.4) is 0 Å². The molecule has 0 aliphatic carbocycles. The summed E-state index contributed by atoms with van der Waals surface area (Å²) < 4.78 is 1.38. The lowest BCUT2D eigenvalue weighted by Gasteiger charge is -2.00. The van der Waals surface area contributed by atoms with E-state index in [4.69, 9.17) is 5.73 Å². The third-order valence-electron chi connectivity index (χ3n) is 3.15. The summed E-state index contributed by atoms with van der Waals surface area (Å²) in [5.74, 6) is -0.755. The summed E-state index contributed by atoms with van der Waals surface area (Å²) in [5, 5.41) is 14.1. The van der Waals surface area contributed by atoms with Crippen molar-refractivity contribution in [1.29, 1.82) is 0 Å². The summed E-state index contributed by atoms with van der Waals surface area (Å²) in [6.07, 6.45) is 1.75. The number of aromatic carboxylic acids is 1. The number of carbonyl (C=O) groups is 1. The van der Waals surface area contributed by atoms with Crippen molar-refractivity contribution in [2.24, 2.45) is 7.05 Å². The minimum absolute atomic E-state index is 0.0373. The summed E-state index contributed by atoms with van der Waals surface area (Å²) in [4.78, 5) is 14.4. The van der Waals surface area contributed by atoms with Gasteiger partial charge in [0.1, 0.15) is 5.82 Å². The van der Waals surface area contributed by atoms with Crippen molar-refractivity contribution in [3.63, 3.8) is 0 Å². The van der Waals surface area contributed by atoms with Crippen LogP contribution in [0.1, 0.15) is 10.5 Å². The van der Waals surface area contributed by atoms with Crippen LogP contribution in [0.2, 0.25) is 0 Å². The van der Waals surface area contributed by atoms with E-state index in [2.05, 4.69) is 10.1 Å². The zero-order valence-corrected chi connectivity index (χ0v) is 10.2. The summed E-state index contributed by atoms with van der Waals surface area (Å²) >= 11 is 0. The van der Waals surface area contributed by atoms with Gasteiger partial charge in [-0.2, -0.15) is 5.10 Å². The molecular formula is C13H12N4O2. The highest BCUT2D eigenvalue weighted by Gasteiger charge is 2.23. The Morgan fingerprint density at radius 3 is 2.89 bits per heavy atom. The van der Waals surface area contributed by atoms with Crippen LogP contribution in [0, 0.1) is 0 Å². The van der Waals surface area contributed by atoms with E-state index in [9.17, 15) is 9.90 Å². The molecule has 0 spiro atoms. The normalized spacial score (nSPS) is 11.0. The maximum absolute atomic E-state index is 11.3. The van der Waals surface area contributed by atoms with E-state index in [0.717, 1.165) is 16.5 Å². The number of benzene rings is 1. The van der Waals surface area contributed by atoms with E-state index in [1.165, 1.54) is 4.68 Å². The van der Waals surface area contributed by atoms with Crippen molar-refractivity contribution in [2.45, 2.75) is 0 Å². The van der Waals surface area contributed by atoms with Crippen LogP contribution < -0.4 is 5.73 Å². The molecule has 1 aromatic carbocycles. The fraction of sp³-hybridized carbons (Fsp3) is 0.0769. The van der Waals surface area contributed by atoms with Crippen molar-refractivity contribution < 1.29 is 9.90 Å². The second kappa shape index (κ2) is 3.88. The Hall–Kier alpha value is -2.76. The number of carboxylic acids is 1. The number of nitrogen functional groups attached to an aromatic ring is 1. The smallest absolute Gasteiger partial charge is 0.357 e. The molecule has 6 heteroatoms. The Bertz CT molecular complexity index is 785. The maximum atomic E-state index is 11.3. The third-order valence-corrected chi connectivity index (χ3v) is 3.15. The Labute approximate surface area is 108 Å². The van der Waals surface area contributed by atoms with Crippen LogP contribution in [-0.2, 0) is 7.05 Å². The number of nitrogens with zero attached hydrogens (tertiary/aromatic N) is 2. The summed E-state index contributed by atoms with van der Waals surface area (Å²) in [6, 6.07) is 7.64. The van der Waals surface area contributed by atoms with Gasteiger partial charge in [0.05, 0.1) is 5.56 Å². The van der Waals surface area contributed by atoms with Gasteiger partial charge in [0.25, 0.3) is 0 Å². The molecule has 0 aliphatic rings. The molecule has 6 nitrogen and oxygen atoms in total. The molecule has 4 N–H and O–H groups in total.